The summed E-state index contributed by atoms with van der Waals surface area (Å²) in [6.45, 7) is 5.64. The summed E-state index contributed by atoms with van der Waals surface area (Å²) in [4.78, 5) is 8.67. The zero-order chi connectivity index (χ0) is 22.3. The molecule has 0 amide bonds. The molecular weight excluding hydrogens is 413 g/mol. The number of para-hydroxylation sites is 1. The van der Waals surface area contributed by atoms with Crippen LogP contribution in [0.2, 0.25) is 0 Å². The molecule has 1 atom stereocenters. The number of aromatic nitrogens is 2. The number of nitrogens with one attached hydrogen (secondary N) is 1. The van der Waals surface area contributed by atoms with Crippen LogP contribution < -0.4 is 14.6 Å². The minimum atomic E-state index is -3.22. The number of hydrogen-bond acceptors (Lipinski definition) is 7. The molecule has 0 saturated carbocycles. The molecule has 1 N–H and O–H groups in total. The molecule has 1 aromatic heterocycles. The lowest BCUT2D eigenvalue weighted by molar-refractivity contribution is 0.209. The van der Waals surface area contributed by atoms with Crippen LogP contribution >= 0.6 is 7.60 Å². The van der Waals surface area contributed by atoms with E-state index in [9.17, 15) is 4.57 Å². The first-order valence-electron chi connectivity index (χ1n) is 10.2. The van der Waals surface area contributed by atoms with Crippen LogP contribution in [0.1, 0.15) is 27.2 Å². The first kappa shape index (κ1) is 22.8. The van der Waals surface area contributed by atoms with Gasteiger partial charge in [0.05, 0.1) is 25.1 Å². The van der Waals surface area contributed by atoms with Crippen LogP contribution in [0.4, 0.5) is 11.5 Å². The molecule has 0 aliphatic heterocycles. The molecule has 0 saturated heterocycles. The van der Waals surface area contributed by atoms with Crippen molar-refractivity contribution in [3.05, 3.63) is 60.9 Å². The smallest absolute Gasteiger partial charge is 0.379 e. The van der Waals surface area contributed by atoms with E-state index in [-0.39, 0.29) is 6.10 Å². The van der Waals surface area contributed by atoms with Gasteiger partial charge in [0.2, 0.25) is 0 Å². The number of anilines is 2. The highest BCUT2D eigenvalue weighted by atomic mass is 31.2. The molecule has 0 spiro atoms. The normalized spacial score (nSPS) is 12.9. The van der Waals surface area contributed by atoms with E-state index >= 15 is 0 Å². The van der Waals surface area contributed by atoms with E-state index in [1.54, 1.807) is 19.2 Å². The van der Waals surface area contributed by atoms with Crippen LogP contribution in [0.3, 0.4) is 0 Å². The van der Waals surface area contributed by atoms with Gasteiger partial charge >= 0.3 is 7.60 Å². The van der Waals surface area contributed by atoms with Crippen molar-refractivity contribution in [3.8, 4) is 22.8 Å². The molecule has 0 aliphatic rings. The first-order chi connectivity index (χ1) is 14.9. The Morgan fingerprint density at radius 2 is 1.87 bits per heavy atom. The number of nitrogens with zero attached hydrogens (tertiary/aromatic N) is 2. The van der Waals surface area contributed by atoms with Crippen LogP contribution in [0, 0.1) is 0 Å². The summed E-state index contributed by atoms with van der Waals surface area (Å²) >= 11 is 0. The molecule has 1 heterocycles. The fourth-order valence-electron chi connectivity index (χ4n) is 3.08. The molecule has 0 aliphatic carbocycles. The van der Waals surface area contributed by atoms with E-state index in [0.29, 0.717) is 24.2 Å². The van der Waals surface area contributed by atoms with E-state index in [1.807, 2.05) is 63.2 Å². The number of rotatable bonds is 10. The summed E-state index contributed by atoms with van der Waals surface area (Å²) in [5.41, 5.74) is 2.36. The quantitative estimate of drug-likeness (QED) is 0.370. The van der Waals surface area contributed by atoms with E-state index < -0.39 is 7.60 Å². The molecule has 0 bridgehead atoms. The molecule has 3 rings (SSSR count). The maximum atomic E-state index is 13.0. The lowest BCUT2D eigenvalue weighted by Gasteiger charge is -2.21. The zero-order valence-electron chi connectivity index (χ0n) is 18.2. The van der Waals surface area contributed by atoms with Gasteiger partial charge in [0.25, 0.3) is 0 Å². The van der Waals surface area contributed by atoms with Crippen LogP contribution in [-0.4, -0.2) is 29.3 Å². The highest BCUT2D eigenvalue weighted by molar-refractivity contribution is 7.54. The van der Waals surface area contributed by atoms with Crippen LogP contribution in [0.5, 0.6) is 11.5 Å². The molecular formula is C23H28N3O4P. The Morgan fingerprint density at radius 1 is 1.06 bits per heavy atom. The van der Waals surface area contributed by atoms with Crippen molar-refractivity contribution in [2.75, 3.05) is 18.6 Å². The highest BCUT2D eigenvalue weighted by Crippen LogP contribution is 2.50. The molecule has 0 fully saturated rings. The van der Waals surface area contributed by atoms with Gasteiger partial charge in [-0.05, 0) is 44.5 Å². The van der Waals surface area contributed by atoms with Crippen LogP contribution in [-0.2, 0) is 9.09 Å². The topological polar surface area (TPSA) is 82.6 Å². The lowest BCUT2D eigenvalue weighted by Crippen LogP contribution is -2.08. The van der Waals surface area contributed by atoms with Crippen LogP contribution in [0.25, 0.3) is 11.3 Å². The van der Waals surface area contributed by atoms with Gasteiger partial charge in [0.15, 0.2) is 0 Å². The standard InChI is InChI=1S/C23H28N3O4P/c1-5-13-31(27,29-17(2)3)30-19-10-8-9-18(14-19)26-23-15-21(24-16-25-23)20-11-6-7-12-22(20)28-4/h6-12,14-17H,5,13H2,1-4H3,(H,24,25,26). The van der Waals surface area contributed by atoms with Gasteiger partial charge in [0, 0.05) is 23.4 Å². The largest absolute Gasteiger partial charge is 0.496 e. The van der Waals surface area contributed by atoms with E-state index in [0.717, 1.165) is 22.7 Å². The second-order valence-corrected chi connectivity index (χ2v) is 9.28. The van der Waals surface area contributed by atoms with Crippen molar-refractivity contribution in [1.82, 2.24) is 9.97 Å². The Morgan fingerprint density at radius 3 is 2.61 bits per heavy atom. The number of ether oxygens (including phenoxy) is 1. The molecule has 7 nitrogen and oxygen atoms in total. The Kier molecular flexibility index (Phi) is 7.66. The zero-order valence-corrected chi connectivity index (χ0v) is 19.1. The summed E-state index contributed by atoms with van der Waals surface area (Å²) in [7, 11) is -1.59. The SMILES string of the molecule is CCCP(=O)(Oc1cccc(Nc2cc(-c3ccccc3OC)ncn2)c1)OC(C)C. The van der Waals surface area contributed by atoms with Crippen molar-refractivity contribution in [2.45, 2.75) is 33.3 Å². The van der Waals surface area contributed by atoms with E-state index in [4.69, 9.17) is 13.8 Å². The van der Waals surface area contributed by atoms with Crippen molar-refractivity contribution in [1.29, 1.82) is 0 Å². The predicted octanol–water partition coefficient (Wildman–Crippen LogP) is 6.30. The average molecular weight is 441 g/mol. The summed E-state index contributed by atoms with van der Waals surface area (Å²) in [5, 5.41) is 3.25. The average Bonchev–Trinajstić information content (AvgIpc) is 2.73. The molecule has 0 radical (unpaired) electrons. The summed E-state index contributed by atoms with van der Waals surface area (Å²) < 4.78 is 29.9. The first-order valence-corrected chi connectivity index (χ1v) is 11.9. The molecule has 2 aromatic carbocycles. The minimum Gasteiger partial charge on any atom is -0.496 e. The second-order valence-electron chi connectivity index (χ2n) is 7.22. The van der Waals surface area contributed by atoms with Crippen molar-refractivity contribution in [3.63, 3.8) is 0 Å². The maximum absolute atomic E-state index is 13.0. The molecule has 8 heteroatoms. The van der Waals surface area contributed by atoms with Gasteiger partial charge in [-0.1, -0.05) is 25.1 Å². The lowest BCUT2D eigenvalue weighted by atomic mass is 10.1. The van der Waals surface area contributed by atoms with Crippen molar-refractivity contribution in [2.24, 2.45) is 0 Å². The van der Waals surface area contributed by atoms with Gasteiger partial charge in [-0.2, -0.15) is 0 Å². The third kappa shape index (κ3) is 6.29. The molecule has 1 unspecified atom stereocenters. The fraction of sp³-hybridized carbons (Fsp3) is 0.304. The van der Waals surface area contributed by atoms with Crippen molar-refractivity contribution >= 4 is 19.1 Å². The van der Waals surface area contributed by atoms with E-state index in [2.05, 4.69) is 15.3 Å². The third-order valence-electron chi connectivity index (χ3n) is 4.27. The van der Waals surface area contributed by atoms with Gasteiger partial charge in [0.1, 0.15) is 23.6 Å². The molecule has 3 aromatic rings. The number of hydrogen-bond donors (Lipinski definition) is 1. The third-order valence-corrected chi connectivity index (χ3v) is 6.50. The molecule has 31 heavy (non-hydrogen) atoms. The summed E-state index contributed by atoms with van der Waals surface area (Å²) in [5.74, 6) is 1.82. The van der Waals surface area contributed by atoms with Gasteiger partial charge in [-0.15, -0.1) is 0 Å². The Hall–Kier alpha value is -2.89. The van der Waals surface area contributed by atoms with Crippen LogP contribution in [0.15, 0.2) is 60.9 Å². The van der Waals surface area contributed by atoms with Gasteiger partial charge in [-0.3, -0.25) is 4.52 Å². The van der Waals surface area contributed by atoms with E-state index in [1.165, 1.54) is 6.33 Å². The monoisotopic (exact) mass is 441 g/mol. The fourth-order valence-corrected chi connectivity index (χ4v) is 4.95. The maximum Gasteiger partial charge on any atom is 0.379 e. The Labute approximate surface area is 183 Å². The second kappa shape index (κ2) is 10.4. The number of methoxy groups -OCH3 is 1. The van der Waals surface area contributed by atoms with Gasteiger partial charge in [-0.25, -0.2) is 14.5 Å². The number of benzene rings is 2. The Balaban J connectivity index is 1.81. The Bertz CT molecular complexity index is 1060. The summed E-state index contributed by atoms with van der Waals surface area (Å²) in [6.07, 6.45) is 2.37. The highest BCUT2D eigenvalue weighted by Gasteiger charge is 2.26. The minimum absolute atomic E-state index is 0.187. The molecule has 164 valence electrons. The van der Waals surface area contributed by atoms with Gasteiger partial charge < -0.3 is 14.6 Å². The predicted molar refractivity (Wildman–Crippen MR) is 123 cm³/mol. The summed E-state index contributed by atoms with van der Waals surface area (Å²) in [6, 6.07) is 16.8. The van der Waals surface area contributed by atoms with Crippen molar-refractivity contribution < 1.29 is 18.3 Å².